The highest BCUT2D eigenvalue weighted by Gasteiger charge is 2.26. The second-order valence-corrected chi connectivity index (χ2v) is 5.43. The Balaban J connectivity index is 1.96. The van der Waals surface area contributed by atoms with E-state index in [1.165, 1.54) is 0 Å². The summed E-state index contributed by atoms with van der Waals surface area (Å²) in [6.07, 6.45) is 2.13. The molecule has 0 radical (unpaired) electrons. The van der Waals surface area contributed by atoms with Crippen molar-refractivity contribution in [2.45, 2.75) is 31.4 Å². The number of hydrogen-bond donors (Lipinski definition) is 4. The van der Waals surface area contributed by atoms with Gasteiger partial charge in [0.25, 0.3) is 0 Å². The molecule has 6 heteroatoms. The van der Waals surface area contributed by atoms with E-state index in [0.29, 0.717) is 18.5 Å². The fraction of sp³-hybridized carbons (Fsp3) is 0.467. The van der Waals surface area contributed by atoms with Gasteiger partial charge >= 0.3 is 6.03 Å². The number of rotatable bonds is 5. The topological polar surface area (TPSA) is 104 Å². The summed E-state index contributed by atoms with van der Waals surface area (Å²) >= 11 is 0. The van der Waals surface area contributed by atoms with Gasteiger partial charge in [-0.05, 0) is 30.7 Å². The van der Waals surface area contributed by atoms with Crippen LogP contribution in [0.25, 0.3) is 0 Å². The van der Waals surface area contributed by atoms with Crippen LogP contribution in [0.2, 0.25) is 0 Å². The Morgan fingerprint density at radius 2 is 2.00 bits per heavy atom. The summed E-state index contributed by atoms with van der Waals surface area (Å²) in [7, 11) is 0. The second-order valence-electron chi connectivity index (χ2n) is 5.43. The fourth-order valence-corrected chi connectivity index (χ4v) is 2.67. The summed E-state index contributed by atoms with van der Waals surface area (Å²) < 4.78 is 0. The number of benzene rings is 1. The lowest BCUT2D eigenvalue weighted by molar-refractivity contribution is -0.123. The molecule has 0 spiro atoms. The summed E-state index contributed by atoms with van der Waals surface area (Å²) in [5.74, 6) is -0.00431. The molecular formula is C15H21N3O3. The van der Waals surface area contributed by atoms with Crippen LogP contribution in [0.5, 0.6) is 0 Å². The van der Waals surface area contributed by atoms with Crippen molar-refractivity contribution in [3.05, 3.63) is 35.9 Å². The van der Waals surface area contributed by atoms with Crippen molar-refractivity contribution < 1.29 is 14.7 Å². The lowest BCUT2D eigenvalue weighted by Gasteiger charge is -2.19. The summed E-state index contributed by atoms with van der Waals surface area (Å²) in [6, 6.07) is 7.42. The number of amides is 3. The van der Waals surface area contributed by atoms with Crippen molar-refractivity contribution in [1.82, 2.24) is 10.6 Å². The molecule has 1 fully saturated rings. The summed E-state index contributed by atoms with van der Waals surface area (Å²) in [5, 5.41) is 14.8. The molecule has 114 valence electrons. The molecule has 0 saturated heterocycles. The monoisotopic (exact) mass is 291 g/mol. The van der Waals surface area contributed by atoms with Crippen LogP contribution in [-0.4, -0.2) is 29.7 Å². The predicted octanol–water partition coefficient (Wildman–Crippen LogP) is 0.673. The Labute approximate surface area is 123 Å². The first-order valence-corrected chi connectivity index (χ1v) is 7.13. The zero-order valence-electron chi connectivity index (χ0n) is 11.8. The van der Waals surface area contributed by atoms with E-state index in [1.807, 2.05) is 6.07 Å². The van der Waals surface area contributed by atoms with E-state index in [2.05, 4.69) is 10.6 Å². The van der Waals surface area contributed by atoms with Gasteiger partial charge in [0.1, 0.15) is 6.04 Å². The number of carbonyl (C=O) groups is 2. The zero-order chi connectivity index (χ0) is 15.2. The molecule has 1 aliphatic carbocycles. The van der Waals surface area contributed by atoms with Gasteiger partial charge in [0, 0.05) is 6.54 Å². The number of carbonyl (C=O) groups excluding carboxylic acids is 2. The lowest BCUT2D eigenvalue weighted by Crippen LogP contribution is -2.43. The van der Waals surface area contributed by atoms with Crippen LogP contribution < -0.4 is 16.4 Å². The normalized spacial score (nSPS) is 22.5. The average Bonchev–Trinajstić information content (AvgIpc) is 2.88. The first kappa shape index (κ1) is 15.3. The van der Waals surface area contributed by atoms with Crippen LogP contribution in [0, 0.1) is 5.92 Å². The van der Waals surface area contributed by atoms with E-state index in [0.717, 1.165) is 12.8 Å². The number of primary amides is 1. The number of nitrogens with two attached hydrogens (primary N) is 1. The third-order valence-electron chi connectivity index (χ3n) is 3.76. The number of aliphatic hydroxyl groups excluding tert-OH is 1. The van der Waals surface area contributed by atoms with Crippen LogP contribution in [-0.2, 0) is 4.79 Å². The van der Waals surface area contributed by atoms with Gasteiger partial charge in [0.15, 0.2) is 0 Å². The van der Waals surface area contributed by atoms with Crippen molar-refractivity contribution >= 4 is 11.9 Å². The Kier molecular flexibility index (Phi) is 5.16. The van der Waals surface area contributed by atoms with Crippen molar-refractivity contribution in [3.63, 3.8) is 0 Å². The third kappa shape index (κ3) is 4.46. The highest BCUT2D eigenvalue weighted by atomic mass is 16.3. The van der Waals surface area contributed by atoms with Crippen LogP contribution in [0.15, 0.2) is 30.3 Å². The molecule has 21 heavy (non-hydrogen) atoms. The molecule has 0 bridgehead atoms. The fourth-order valence-electron chi connectivity index (χ4n) is 2.67. The third-order valence-corrected chi connectivity index (χ3v) is 3.76. The Morgan fingerprint density at radius 1 is 1.29 bits per heavy atom. The van der Waals surface area contributed by atoms with E-state index < -0.39 is 12.1 Å². The smallest absolute Gasteiger partial charge is 0.313 e. The van der Waals surface area contributed by atoms with Crippen LogP contribution >= 0.6 is 0 Å². The molecule has 1 aromatic rings. The van der Waals surface area contributed by atoms with E-state index in [9.17, 15) is 14.7 Å². The largest absolute Gasteiger partial charge is 0.393 e. The second kappa shape index (κ2) is 7.08. The minimum atomic E-state index is -0.796. The first-order chi connectivity index (χ1) is 10.1. The molecule has 6 nitrogen and oxygen atoms in total. The molecule has 2 rings (SSSR count). The van der Waals surface area contributed by atoms with Crippen molar-refractivity contribution in [2.75, 3.05) is 6.54 Å². The zero-order valence-corrected chi connectivity index (χ0v) is 11.8. The molecule has 3 amide bonds. The average molecular weight is 291 g/mol. The summed E-state index contributed by atoms with van der Waals surface area (Å²) in [5.41, 5.74) is 5.82. The lowest BCUT2D eigenvalue weighted by atomic mass is 10.0. The van der Waals surface area contributed by atoms with Crippen LogP contribution in [0.3, 0.4) is 0 Å². The Bertz CT molecular complexity index is 492. The number of nitrogens with one attached hydrogen (secondary N) is 2. The van der Waals surface area contributed by atoms with Gasteiger partial charge in [-0.3, -0.25) is 4.79 Å². The van der Waals surface area contributed by atoms with E-state index in [-0.39, 0.29) is 17.9 Å². The molecule has 3 atom stereocenters. The van der Waals surface area contributed by atoms with Crippen molar-refractivity contribution in [3.8, 4) is 0 Å². The van der Waals surface area contributed by atoms with Gasteiger partial charge < -0.3 is 21.5 Å². The molecule has 0 aliphatic heterocycles. The van der Waals surface area contributed by atoms with Gasteiger partial charge in [-0.1, -0.05) is 30.3 Å². The summed E-state index contributed by atoms with van der Waals surface area (Å²) in [6.45, 7) is 0.500. The van der Waals surface area contributed by atoms with Crippen LogP contribution in [0.4, 0.5) is 4.79 Å². The molecular weight excluding hydrogens is 270 g/mol. The minimum Gasteiger partial charge on any atom is -0.393 e. The highest BCUT2D eigenvalue weighted by Crippen LogP contribution is 2.24. The molecule has 0 heterocycles. The molecule has 1 aliphatic rings. The number of hydrogen-bond acceptors (Lipinski definition) is 3. The minimum absolute atomic E-state index is 0.263. The maximum absolute atomic E-state index is 12.3. The quantitative estimate of drug-likeness (QED) is 0.641. The van der Waals surface area contributed by atoms with Crippen LogP contribution in [0.1, 0.15) is 30.9 Å². The Morgan fingerprint density at radius 3 is 2.57 bits per heavy atom. The summed E-state index contributed by atoms with van der Waals surface area (Å²) in [4.78, 5) is 23.4. The Hall–Kier alpha value is -2.08. The van der Waals surface area contributed by atoms with E-state index in [4.69, 9.17) is 5.73 Å². The van der Waals surface area contributed by atoms with Crippen molar-refractivity contribution in [2.24, 2.45) is 11.7 Å². The number of aliphatic hydroxyl groups is 1. The van der Waals surface area contributed by atoms with E-state index >= 15 is 0 Å². The number of urea groups is 1. The van der Waals surface area contributed by atoms with Crippen molar-refractivity contribution in [1.29, 1.82) is 0 Å². The molecule has 5 N–H and O–H groups in total. The molecule has 3 unspecified atom stereocenters. The standard InChI is InChI=1S/C15H21N3O3/c16-15(21)18-13(11-4-2-1-3-5-11)14(20)17-9-10-6-7-12(19)8-10/h1-5,10,12-13,19H,6-9H2,(H,17,20)(H3,16,18,21). The van der Waals surface area contributed by atoms with Gasteiger partial charge in [0.2, 0.25) is 5.91 Å². The van der Waals surface area contributed by atoms with E-state index in [1.54, 1.807) is 24.3 Å². The molecule has 0 aromatic heterocycles. The first-order valence-electron chi connectivity index (χ1n) is 7.13. The van der Waals surface area contributed by atoms with Gasteiger partial charge in [-0.25, -0.2) is 4.79 Å². The predicted molar refractivity (Wildman–Crippen MR) is 78.3 cm³/mol. The molecule has 1 saturated carbocycles. The highest BCUT2D eigenvalue weighted by molar-refractivity contribution is 5.87. The van der Waals surface area contributed by atoms with Gasteiger partial charge in [-0.15, -0.1) is 0 Å². The van der Waals surface area contributed by atoms with Gasteiger partial charge in [-0.2, -0.15) is 0 Å². The molecule has 1 aromatic carbocycles. The maximum Gasteiger partial charge on any atom is 0.313 e. The maximum atomic E-state index is 12.3. The SMILES string of the molecule is NC(=O)NC(C(=O)NCC1CCC(O)C1)c1ccccc1. The van der Waals surface area contributed by atoms with Gasteiger partial charge in [0.05, 0.1) is 6.10 Å².